The lowest BCUT2D eigenvalue weighted by Gasteiger charge is -2.23. The highest BCUT2D eigenvalue weighted by atomic mass is 16.5. The Hall–Kier alpha value is -2.70. The molecule has 1 atom stereocenters. The fraction of sp³-hybridized carbons (Fsp3) is 0.364. The molecule has 0 aromatic heterocycles. The van der Waals surface area contributed by atoms with Gasteiger partial charge in [0.05, 0.1) is 18.8 Å². The van der Waals surface area contributed by atoms with Crippen molar-refractivity contribution in [3.05, 3.63) is 65.2 Å². The number of carbonyl (C=O) groups excluding carboxylic acids is 2. The van der Waals surface area contributed by atoms with Crippen LogP contribution in [0.2, 0.25) is 0 Å². The number of nitrogens with one attached hydrogen (secondary N) is 2. The quantitative estimate of drug-likeness (QED) is 0.744. The summed E-state index contributed by atoms with van der Waals surface area (Å²) in [5.74, 6) is -0.858. The molecule has 1 fully saturated rings. The molecule has 148 valence electrons. The number of benzene rings is 2. The van der Waals surface area contributed by atoms with Gasteiger partial charge < -0.3 is 19.7 Å². The third-order valence-electron chi connectivity index (χ3n) is 4.78. The zero-order chi connectivity index (χ0) is 19.9. The summed E-state index contributed by atoms with van der Waals surface area (Å²) in [5.41, 5.74) is 3.33. The molecule has 6 heteroatoms. The fourth-order valence-corrected chi connectivity index (χ4v) is 3.13. The van der Waals surface area contributed by atoms with Crippen molar-refractivity contribution in [3.8, 4) is 0 Å². The predicted octanol–water partition coefficient (Wildman–Crippen LogP) is 1.59. The van der Waals surface area contributed by atoms with Gasteiger partial charge in [-0.15, -0.1) is 0 Å². The monoisotopic (exact) mass is 383 g/mol. The van der Waals surface area contributed by atoms with Crippen LogP contribution in [0.25, 0.3) is 0 Å². The molecule has 0 saturated carbocycles. The highest BCUT2D eigenvalue weighted by molar-refractivity contribution is 5.97. The number of rotatable bonds is 6. The van der Waals surface area contributed by atoms with Gasteiger partial charge in [0.1, 0.15) is 19.6 Å². The summed E-state index contributed by atoms with van der Waals surface area (Å²) in [4.78, 5) is 26.1. The molecular formula is C22H27N2O4+. The van der Waals surface area contributed by atoms with Crippen LogP contribution in [0, 0.1) is 6.92 Å². The van der Waals surface area contributed by atoms with E-state index in [0.717, 1.165) is 38.4 Å². The van der Waals surface area contributed by atoms with Crippen LogP contribution in [0.3, 0.4) is 0 Å². The summed E-state index contributed by atoms with van der Waals surface area (Å²) >= 11 is 0. The predicted molar refractivity (Wildman–Crippen MR) is 106 cm³/mol. The molecule has 0 bridgehead atoms. The molecule has 28 heavy (non-hydrogen) atoms. The summed E-state index contributed by atoms with van der Waals surface area (Å²) < 4.78 is 10.7. The van der Waals surface area contributed by atoms with Gasteiger partial charge in [0.15, 0.2) is 6.10 Å². The van der Waals surface area contributed by atoms with Crippen LogP contribution in [0.5, 0.6) is 0 Å². The topological polar surface area (TPSA) is 69.1 Å². The van der Waals surface area contributed by atoms with Gasteiger partial charge in [0.25, 0.3) is 5.91 Å². The Morgan fingerprint density at radius 1 is 1.14 bits per heavy atom. The van der Waals surface area contributed by atoms with Gasteiger partial charge >= 0.3 is 5.97 Å². The number of quaternary nitrogens is 1. The fourth-order valence-electron chi connectivity index (χ4n) is 3.13. The second-order valence-electron chi connectivity index (χ2n) is 7.14. The molecule has 0 radical (unpaired) electrons. The second-order valence-corrected chi connectivity index (χ2v) is 7.14. The number of amides is 1. The molecule has 2 N–H and O–H groups in total. The molecule has 0 unspecified atom stereocenters. The van der Waals surface area contributed by atoms with Crippen molar-refractivity contribution in [2.75, 3.05) is 31.6 Å². The lowest BCUT2D eigenvalue weighted by atomic mass is 10.1. The second kappa shape index (κ2) is 9.48. The molecular weight excluding hydrogens is 356 g/mol. The number of hydrogen-bond donors (Lipinski definition) is 2. The Kier molecular flexibility index (Phi) is 6.79. The number of anilines is 1. The number of hydrogen-bond acceptors (Lipinski definition) is 4. The maximum absolute atomic E-state index is 12.3. The molecule has 0 spiro atoms. The van der Waals surface area contributed by atoms with Crippen LogP contribution >= 0.6 is 0 Å². The van der Waals surface area contributed by atoms with Crippen LogP contribution in [-0.4, -0.2) is 44.3 Å². The maximum atomic E-state index is 12.3. The lowest BCUT2D eigenvalue weighted by Crippen LogP contribution is -3.12. The summed E-state index contributed by atoms with van der Waals surface area (Å²) in [5, 5.41) is 2.76. The third-order valence-corrected chi connectivity index (χ3v) is 4.78. The van der Waals surface area contributed by atoms with Crippen molar-refractivity contribution in [3.63, 3.8) is 0 Å². The normalized spacial score (nSPS) is 15.6. The number of morpholine rings is 1. The zero-order valence-corrected chi connectivity index (χ0v) is 16.4. The molecule has 1 heterocycles. The molecule has 1 saturated heterocycles. The van der Waals surface area contributed by atoms with Crippen LogP contribution < -0.4 is 10.2 Å². The molecule has 1 aliphatic rings. The first kappa shape index (κ1) is 20.0. The number of ether oxygens (including phenoxy) is 2. The van der Waals surface area contributed by atoms with Crippen LogP contribution in [0.4, 0.5) is 5.69 Å². The van der Waals surface area contributed by atoms with Gasteiger partial charge in [-0.3, -0.25) is 4.79 Å². The minimum Gasteiger partial charge on any atom is -0.449 e. The Morgan fingerprint density at radius 2 is 1.86 bits per heavy atom. The lowest BCUT2D eigenvalue weighted by molar-refractivity contribution is -0.921. The Balaban J connectivity index is 1.52. The minimum absolute atomic E-state index is 0.355. The SMILES string of the molecule is Cc1cccc(NC(=O)[C@@H](C)OC(=O)c2ccc(C[NH+]3CCOCC3)cc2)c1. The molecule has 1 amide bonds. The van der Waals surface area contributed by atoms with Crippen molar-refractivity contribution in [2.24, 2.45) is 0 Å². The van der Waals surface area contributed by atoms with E-state index in [-0.39, 0.29) is 5.91 Å². The van der Waals surface area contributed by atoms with Gasteiger partial charge in [-0.05, 0) is 43.7 Å². The van der Waals surface area contributed by atoms with E-state index in [0.29, 0.717) is 11.3 Å². The van der Waals surface area contributed by atoms with Gasteiger partial charge in [0, 0.05) is 11.3 Å². The Bertz CT molecular complexity index is 814. The third kappa shape index (κ3) is 5.65. The van der Waals surface area contributed by atoms with Crippen LogP contribution in [0.1, 0.15) is 28.4 Å². The molecule has 2 aromatic rings. The van der Waals surface area contributed by atoms with E-state index in [9.17, 15) is 9.59 Å². The summed E-state index contributed by atoms with van der Waals surface area (Å²) in [6.45, 7) is 8.01. The first-order chi connectivity index (χ1) is 13.5. The van der Waals surface area contributed by atoms with Gasteiger partial charge in [-0.1, -0.05) is 24.3 Å². The van der Waals surface area contributed by atoms with Crippen molar-refractivity contribution in [2.45, 2.75) is 26.5 Å². The minimum atomic E-state index is -0.884. The molecule has 6 nitrogen and oxygen atoms in total. The van der Waals surface area contributed by atoms with Gasteiger partial charge in [-0.2, -0.15) is 0 Å². The highest BCUT2D eigenvalue weighted by Gasteiger charge is 2.20. The molecule has 2 aromatic carbocycles. The smallest absolute Gasteiger partial charge is 0.338 e. The van der Waals surface area contributed by atoms with E-state index >= 15 is 0 Å². The highest BCUT2D eigenvalue weighted by Crippen LogP contribution is 2.12. The largest absolute Gasteiger partial charge is 0.449 e. The van der Waals surface area contributed by atoms with E-state index in [1.54, 1.807) is 25.1 Å². The Labute approximate surface area is 165 Å². The standard InChI is InChI=1S/C22H26N2O4/c1-16-4-3-5-20(14-16)23-21(25)17(2)28-22(26)19-8-6-18(7-9-19)15-24-10-12-27-13-11-24/h3-9,14,17H,10-13,15H2,1-2H3,(H,23,25)/p+1/t17-/m1/s1. The summed E-state index contributed by atoms with van der Waals surface area (Å²) in [6.07, 6.45) is -0.884. The number of esters is 1. The van der Waals surface area contributed by atoms with E-state index in [4.69, 9.17) is 9.47 Å². The van der Waals surface area contributed by atoms with E-state index in [2.05, 4.69) is 5.32 Å². The molecule has 0 aliphatic carbocycles. The average molecular weight is 383 g/mol. The maximum Gasteiger partial charge on any atom is 0.338 e. The summed E-state index contributed by atoms with van der Waals surface area (Å²) in [7, 11) is 0. The van der Waals surface area contributed by atoms with Gasteiger partial charge in [0.2, 0.25) is 0 Å². The van der Waals surface area contributed by atoms with E-state index in [1.165, 1.54) is 10.5 Å². The van der Waals surface area contributed by atoms with Crippen molar-refractivity contribution < 1.29 is 24.0 Å². The molecule has 1 aliphatic heterocycles. The number of aryl methyl sites for hydroxylation is 1. The van der Waals surface area contributed by atoms with Crippen molar-refractivity contribution in [1.82, 2.24) is 0 Å². The van der Waals surface area contributed by atoms with E-state index in [1.807, 2.05) is 37.3 Å². The van der Waals surface area contributed by atoms with Gasteiger partial charge in [-0.25, -0.2) is 4.79 Å². The van der Waals surface area contributed by atoms with Crippen molar-refractivity contribution in [1.29, 1.82) is 0 Å². The van der Waals surface area contributed by atoms with Crippen LogP contribution in [0.15, 0.2) is 48.5 Å². The first-order valence-electron chi connectivity index (χ1n) is 9.60. The van der Waals surface area contributed by atoms with E-state index < -0.39 is 12.1 Å². The molecule has 3 rings (SSSR count). The summed E-state index contributed by atoms with van der Waals surface area (Å²) in [6, 6.07) is 14.9. The number of carbonyl (C=O) groups is 2. The van der Waals surface area contributed by atoms with Crippen LogP contribution in [-0.2, 0) is 20.8 Å². The zero-order valence-electron chi connectivity index (χ0n) is 16.4. The van der Waals surface area contributed by atoms with Crippen molar-refractivity contribution >= 4 is 17.6 Å². The first-order valence-corrected chi connectivity index (χ1v) is 9.60. The average Bonchev–Trinajstić information content (AvgIpc) is 2.69. The Morgan fingerprint density at radius 3 is 2.54 bits per heavy atom.